The van der Waals surface area contributed by atoms with Crippen LogP contribution in [-0.4, -0.2) is 60.6 Å². The molecule has 1 atom stereocenters. The number of aromatic nitrogens is 1. The summed E-state index contributed by atoms with van der Waals surface area (Å²) in [5.74, 6) is 0. The van der Waals surface area contributed by atoms with E-state index in [0.29, 0.717) is 6.04 Å². The van der Waals surface area contributed by atoms with Crippen molar-refractivity contribution >= 4 is 0 Å². The Morgan fingerprint density at radius 2 is 1.70 bits per heavy atom. The Bertz CT molecular complexity index is 395. The summed E-state index contributed by atoms with van der Waals surface area (Å²) < 4.78 is 0. The molecule has 1 aliphatic rings. The Labute approximate surface area is 142 Å². The molecule has 1 fully saturated rings. The molecule has 0 radical (unpaired) electrons. The lowest BCUT2D eigenvalue weighted by Crippen LogP contribution is -2.47. The number of nitrogens with zero attached hydrogens (tertiary/aromatic N) is 3. The molecule has 0 saturated carbocycles. The fourth-order valence-electron chi connectivity index (χ4n) is 3.30. The number of nitrogens with one attached hydrogen (secondary N) is 1. The van der Waals surface area contributed by atoms with E-state index in [1.165, 1.54) is 44.3 Å². The highest BCUT2D eigenvalue weighted by atomic mass is 15.2. The second-order valence-corrected chi connectivity index (χ2v) is 6.59. The molecule has 1 aliphatic heterocycles. The van der Waals surface area contributed by atoms with Crippen molar-refractivity contribution in [2.75, 3.05) is 45.8 Å². The smallest absolute Gasteiger partial charge is 0.0476 e. The summed E-state index contributed by atoms with van der Waals surface area (Å²) in [7, 11) is 0. The minimum Gasteiger partial charge on any atom is -0.314 e. The molecule has 0 bridgehead atoms. The second kappa shape index (κ2) is 10.7. The number of hydrogen-bond acceptors (Lipinski definition) is 4. The molecule has 1 unspecified atom stereocenters. The first kappa shape index (κ1) is 18.4. The largest absolute Gasteiger partial charge is 0.314 e. The quantitative estimate of drug-likeness (QED) is 0.719. The van der Waals surface area contributed by atoms with Gasteiger partial charge in [-0.1, -0.05) is 26.7 Å². The molecular weight excluding hydrogens is 284 g/mol. The van der Waals surface area contributed by atoms with Gasteiger partial charge in [0.05, 0.1) is 0 Å². The van der Waals surface area contributed by atoms with Crippen LogP contribution in [0.5, 0.6) is 0 Å². The molecule has 0 amide bonds. The van der Waals surface area contributed by atoms with Crippen LogP contribution in [0, 0.1) is 0 Å². The molecule has 1 aromatic heterocycles. The summed E-state index contributed by atoms with van der Waals surface area (Å²) in [4.78, 5) is 9.55. The van der Waals surface area contributed by atoms with Gasteiger partial charge in [-0.3, -0.25) is 14.8 Å². The van der Waals surface area contributed by atoms with E-state index in [2.05, 4.69) is 46.1 Å². The van der Waals surface area contributed by atoms with Gasteiger partial charge in [-0.15, -0.1) is 0 Å². The zero-order valence-electron chi connectivity index (χ0n) is 15.0. The van der Waals surface area contributed by atoms with Gasteiger partial charge in [-0.2, -0.15) is 0 Å². The molecule has 0 spiro atoms. The predicted octanol–water partition coefficient (Wildman–Crippen LogP) is 2.93. The van der Waals surface area contributed by atoms with Gasteiger partial charge in [0.2, 0.25) is 0 Å². The Morgan fingerprint density at radius 1 is 1.09 bits per heavy atom. The molecule has 23 heavy (non-hydrogen) atoms. The highest BCUT2D eigenvalue weighted by Gasteiger charge is 2.23. The lowest BCUT2D eigenvalue weighted by molar-refractivity contribution is 0.126. The number of hydrogen-bond donors (Lipinski definition) is 1. The van der Waals surface area contributed by atoms with Crippen LogP contribution in [0.1, 0.15) is 51.1 Å². The normalized spacial score (nSPS) is 17.5. The van der Waals surface area contributed by atoms with E-state index in [9.17, 15) is 0 Å². The second-order valence-electron chi connectivity index (χ2n) is 6.59. The van der Waals surface area contributed by atoms with Gasteiger partial charge in [-0.05, 0) is 43.6 Å². The molecule has 130 valence electrons. The van der Waals surface area contributed by atoms with Crippen LogP contribution >= 0.6 is 0 Å². The van der Waals surface area contributed by atoms with Gasteiger partial charge in [0.25, 0.3) is 0 Å². The van der Waals surface area contributed by atoms with Gasteiger partial charge in [0, 0.05) is 51.2 Å². The maximum Gasteiger partial charge on any atom is 0.0476 e. The maximum atomic E-state index is 4.22. The highest BCUT2D eigenvalue weighted by Crippen LogP contribution is 2.23. The third-order valence-corrected chi connectivity index (χ3v) is 4.77. The van der Waals surface area contributed by atoms with Crippen molar-refractivity contribution < 1.29 is 0 Å². The lowest BCUT2D eigenvalue weighted by Gasteiger charge is -2.37. The molecular formula is C19H34N4. The van der Waals surface area contributed by atoms with Crippen molar-refractivity contribution in [3.05, 3.63) is 30.1 Å². The number of rotatable bonds is 10. The summed E-state index contributed by atoms with van der Waals surface area (Å²) in [6.07, 6.45) is 8.98. The molecule has 4 nitrogen and oxygen atoms in total. The van der Waals surface area contributed by atoms with Crippen LogP contribution in [-0.2, 0) is 0 Å². The SMILES string of the molecule is CCCCN(CCCC)C(CN1CCNCC1)c1ccncc1. The fraction of sp³-hybridized carbons (Fsp3) is 0.737. The third kappa shape index (κ3) is 6.21. The number of unbranched alkanes of at least 4 members (excludes halogenated alkanes) is 2. The first-order valence-electron chi connectivity index (χ1n) is 9.42. The molecule has 1 aromatic rings. The van der Waals surface area contributed by atoms with Crippen molar-refractivity contribution in [3.8, 4) is 0 Å². The van der Waals surface area contributed by atoms with Gasteiger partial charge in [0.1, 0.15) is 0 Å². The highest BCUT2D eigenvalue weighted by molar-refractivity contribution is 5.16. The topological polar surface area (TPSA) is 31.4 Å². The van der Waals surface area contributed by atoms with Crippen molar-refractivity contribution in [1.82, 2.24) is 20.1 Å². The van der Waals surface area contributed by atoms with Crippen molar-refractivity contribution in [2.24, 2.45) is 0 Å². The third-order valence-electron chi connectivity index (χ3n) is 4.77. The van der Waals surface area contributed by atoms with Crippen molar-refractivity contribution in [1.29, 1.82) is 0 Å². The van der Waals surface area contributed by atoms with E-state index < -0.39 is 0 Å². The first-order valence-corrected chi connectivity index (χ1v) is 9.42. The van der Waals surface area contributed by atoms with Gasteiger partial charge in [0.15, 0.2) is 0 Å². The van der Waals surface area contributed by atoms with E-state index in [1.807, 2.05) is 12.4 Å². The van der Waals surface area contributed by atoms with E-state index >= 15 is 0 Å². The zero-order valence-corrected chi connectivity index (χ0v) is 15.0. The van der Waals surface area contributed by atoms with Crippen molar-refractivity contribution in [3.63, 3.8) is 0 Å². The zero-order chi connectivity index (χ0) is 16.3. The summed E-state index contributed by atoms with van der Waals surface area (Å²) in [5.41, 5.74) is 1.42. The molecule has 4 heteroatoms. The molecule has 0 aromatic carbocycles. The Kier molecular flexibility index (Phi) is 8.58. The monoisotopic (exact) mass is 318 g/mol. The van der Waals surface area contributed by atoms with E-state index in [4.69, 9.17) is 0 Å². The summed E-state index contributed by atoms with van der Waals surface area (Å²) in [5, 5.41) is 3.46. The van der Waals surface area contributed by atoms with E-state index in [0.717, 1.165) is 32.7 Å². The van der Waals surface area contributed by atoms with E-state index in [-0.39, 0.29) is 0 Å². The van der Waals surface area contributed by atoms with Crippen LogP contribution in [0.25, 0.3) is 0 Å². The number of piperazine rings is 1. The minimum atomic E-state index is 0.495. The maximum absolute atomic E-state index is 4.22. The van der Waals surface area contributed by atoms with Gasteiger partial charge >= 0.3 is 0 Å². The molecule has 0 aliphatic carbocycles. The standard InChI is InChI=1S/C19H34N4/c1-3-5-13-23(14-6-4-2)19(18-7-9-20-10-8-18)17-22-15-11-21-12-16-22/h7-10,19,21H,3-6,11-17H2,1-2H3. The molecule has 2 heterocycles. The average Bonchev–Trinajstić information content (AvgIpc) is 2.62. The summed E-state index contributed by atoms with van der Waals surface area (Å²) in [6, 6.07) is 4.91. The molecule has 1 saturated heterocycles. The molecule has 1 N–H and O–H groups in total. The fourth-order valence-corrected chi connectivity index (χ4v) is 3.30. The van der Waals surface area contributed by atoms with Crippen LogP contribution in [0.3, 0.4) is 0 Å². The summed E-state index contributed by atoms with van der Waals surface area (Å²) >= 11 is 0. The average molecular weight is 319 g/mol. The summed E-state index contributed by atoms with van der Waals surface area (Å²) in [6.45, 7) is 12.7. The van der Waals surface area contributed by atoms with Crippen LogP contribution in [0.15, 0.2) is 24.5 Å². The molecule has 2 rings (SSSR count). The van der Waals surface area contributed by atoms with Crippen LogP contribution in [0.2, 0.25) is 0 Å². The minimum absolute atomic E-state index is 0.495. The lowest BCUT2D eigenvalue weighted by atomic mass is 10.0. The van der Waals surface area contributed by atoms with Crippen LogP contribution in [0.4, 0.5) is 0 Å². The van der Waals surface area contributed by atoms with Crippen molar-refractivity contribution in [2.45, 2.75) is 45.6 Å². The van der Waals surface area contributed by atoms with Crippen LogP contribution < -0.4 is 5.32 Å². The van der Waals surface area contributed by atoms with Gasteiger partial charge < -0.3 is 5.32 Å². The predicted molar refractivity (Wildman–Crippen MR) is 97.7 cm³/mol. The Balaban J connectivity index is 2.11. The Morgan fingerprint density at radius 3 is 2.26 bits per heavy atom. The van der Waals surface area contributed by atoms with Gasteiger partial charge in [-0.25, -0.2) is 0 Å². The van der Waals surface area contributed by atoms with E-state index in [1.54, 1.807) is 0 Å². The number of pyridine rings is 1. The first-order chi connectivity index (χ1) is 11.3. The Hall–Kier alpha value is -0.970.